The minimum atomic E-state index is -0.575. The monoisotopic (exact) mass is 242 g/mol. The van der Waals surface area contributed by atoms with E-state index in [1.807, 2.05) is 54.6 Å². The second kappa shape index (κ2) is 5.31. The fourth-order valence-electron chi connectivity index (χ4n) is 2.04. The first-order valence-electron chi connectivity index (χ1n) is 5.66. The van der Waals surface area contributed by atoms with Gasteiger partial charge in [-0.2, -0.15) is 0 Å². The first-order valence-corrected chi connectivity index (χ1v) is 5.66. The van der Waals surface area contributed by atoms with Crippen LogP contribution in [0, 0.1) is 0 Å². The third-order valence-electron chi connectivity index (χ3n) is 2.88. The number of benzene rings is 1. The van der Waals surface area contributed by atoms with E-state index < -0.39 is 11.4 Å². The summed E-state index contributed by atoms with van der Waals surface area (Å²) in [6.07, 6.45) is 9.28. The zero-order valence-electron chi connectivity index (χ0n) is 9.78. The molecule has 0 spiro atoms. The van der Waals surface area contributed by atoms with Gasteiger partial charge in [-0.05, 0) is 12.0 Å². The predicted molar refractivity (Wildman–Crippen MR) is 69.4 cm³/mol. The molecule has 92 valence electrons. The van der Waals surface area contributed by atoms with E-state index in [0.717, 1.165) is 11.8 Å². The maximum atomic E-state index is 11.6. The van der Waals surface area contributed by atoms with Gasteiger partial charge in [-0.15, -0.1) is 0 Å². The molecule has 1 aliphatic carbocycles. The Morgan fingerprint density at radius 1 is 1.33 bits per heavy atom. The zero-order valence-corrected chi connectivity index (χ0v) is 9.78. The van der Waals surface area contributed by atoms with E-state index in [2.05, 4.69) is 10.5 Å². The van der Waals surface area contributed by atoms with E-state index in [0.29, 0.717) is 6.42 Å². The molecule has 0 heterocycles. The van der Waals surface area contributed by atoms with Gasteiger partial charge in [0.1, 0.15) is 6.21 Å². The highest BCUT2D eigenvalue weighted by Crippen LogP contribution is 2.29. The van der Waals surface area contributed by atoms with Gasteiger partial charge in [-0.3, -0.25) is 4.79 Å². The number of allylic oxidation sites excluding steroid dienone is 2. The van der Waals surface area contributed by atoms with Crippen LogP contribution in [-0.2, 0) is 10.3 Å². The van der Waals surface area contributed by atoms with Crippen LogP contribution < -0.4 is 5.32 Å². The van der Waals surface area contributed by atoms with Crippen molar-refractivity contribution in [2.24, 2.45) is 5.16 Å². The molecule has 0 fully saturated rings. The second-order valence-corrected chi connectivity index (χ2v) is 4.06. The van der Waals surface area contributed by atoms with Gasteiger partial charge in [0.25, 0.3) is 5.91 Å². The highest BCUT2D eigenvalue weighted by atomic mass is 16.4. The van der Waals surface area contributed by atoms with Crippen LogP contribution in [-0.4, -0.2) is 17.3 Å². The van der Waals surface area contributed by atoms with Crippen molar-refractivity contribution in [3.63, 3.8) is 0 Å². The molecule has 0 aliphatic heterocycles. The molecule has 0 saturated carbocycles. The molecule has 4 heteroatoms. The normalized spacial score (nSPS) is 22.2. The van der Waals surface area contributed by atoms with E-state index in [-0.39, 0.29) is 0 Å². The maximum Gasteiger partial charge on any atom is 0.266 e. The van der Waals surface area contributed by atoms with E-state index in [1.165, 1.54) is 0 Å². The number of nitrogens with one attached hydrogen (secondary N) is 1. The average molecular weight is 242 g/mol. The van der Waals surface area contributed by atoms with E-state index in [1.54, 1.807) is 0 Å². The third kappa shape index (κ3) is 2.48. The van der Waals surface area contributed by atoms with Crippen LogP contribution in [0.25, 0.3) is 0 Å². The fourth-order valence-corrected chi connectivity index (χ4v) is 2.04. The van der Waals surface area contributed by atoms with Crippen molar-refractivity contribution >= 4 is 12.1 Å². The Morgan fingerprint density at radius 3 is 2.72 bits per heavy atom. The summed E-state index contributed by atoms with van der Waals surface area (Å²) in [4.78, 5) is 11.6. The van der Waals surface area contributed by atoms with Crippen LogP contribution in [0.2, 0.25) is 0 Å². The third-order valence-corrected chi connectivity index (χ3v) is 2.88. The summed E-state index contributed by atoms with van der Waals surface area (Å²) in [6.45, 7) is 0. The Morgan fingerprint density at radius 2 is 2.11 bits per heavy atom. The molecular formula is C14H14N2O2. The van der Waals surface area contributed by atoms with E-state index in [9.17, 15) is 4.79 Å². The van der Waals surface area contributed by atoms with Crippen LogP contribution in [0.1, 0.15) is 12.0 Å². The lowest BCUT2D eigenvalue weighted by Gasteiger charge is -2.32. The Bertz CT molecular complexity index is 506. The molecule has 1 atom stereocenters. The van der Waals surface area contributed by atoms with Gasteiger partial charge in [0, 0.05) is 0 Å². The molecule has 1 amide bonds. The lowest BCUT2D eigenvalue weighted by atomic mass is 9.84. The van der Waals surface area contributed by atoms with Crippen molar-refractivity contribution in [2.75, 3.05) is 0 Å². The lowest BCUT2D eigenvalue weighted by molar-refractivity contribution is -0.115. The molecule has 0 radical (unpaired) electrons. The highest BCUT2D eigenvalue weighted by molar-refractivity contribution is 6.26. The van der Waals surface area contributed by atoms with Crippen molar-refractivity contribution in [2.45, 2.75) is 12.0 Å². The maximum absolute atomic E-state index is 11.6. The van der Waals surface area contributed by atoms with Crippen LogP contribution in [0.5, 0.6) is 0 Å². The molecule has 0 saturated heterocycles. The molecule has 1 aromatic carbocycles. The largest absolute Gasteiger partial charge is 0.411 e. The van der Waals surface area contributed by atoms with Crippen molar-refractivity contribution in [3.05, 3.63) is 60.2 Å². The SMILES string of the molecule is O=C(/C=N/O)NC1(c2ccccc2)C=CC=CC1. The number of oxime groups is 1. The standard InChI is InChI=1S/C14H14N2O2/c17-13(11-15-18)16-14(9-5-2-6-10-14)12-7-3-1-4-8-12/h1-9,11,18H,10H2,(H,16,17)/b15-11+. The van der Waals surface area contributed by atoms with Gasteiger partial charge in [0.15, 0.2) is 0 Å². The summed E-state index contributed by atoms with van der Waals surface area (Å²) >= 11 is 0. The molecule has 0 aromatic heterocycles. The first kappa shape index (κ1) is 12.1. The van der Waals surface area contributed by atoms with E-state index >= 15 is 0 Å². The number of carbonyl (C=O) groups is 1. The molecule has 1 aromatic rings. The summed E-state index contributed by atoms with van der Waals surface area (Å²) in [5.41, 5.74) is 0.416. The van der Waals surface area contributed by atoms with Crippen LogP contribution >= 0.6 is 0 Å². The van der Waals surface area contributed by atoms with E-state index in [4.69, 9.17) is 5.21 Å². The van der Waals surface area contributed by atoms with Gasteiger partial charge in [0.2, 0.25) is 0 Å². The number of carbonyl (C=O) groups excluding carboxylic acids is 1. The Labute approximate surface area is 105 Å². The number of rotatable bonds is 3. The molecule has 18 heavy (non-hydrogen) atoms. The van der Waals surface area contributed by atoms with Crippen molar-refractivity contribution in [1.82, 2.24) is 5.32 Å². The summed E-state index contributed by atoms with van der Waals surface area (Å²) in [7, 11) is 0. The summed E-state index contributed by atoms with van der Waals surface area (Å²) in [6, 6.07) is 9.70. The number of hydrogen-bond donors (Lipinski definition) is 2. The van der Waals surface area contributed by atoms with Gasteiger partial charge < -0.3 is 10.5 Å². The van der Waals surface area contributed by atoms with Gasteiger partial charge in [0.05, 0.1) is 5.54 Å². The summed E-state index contributed by atoms with van der Waals surface area (Å²) in [5, 5.41) is 14.0. The van der Waals surface area contributed by atoms with Gasteiger partial charge in [-0.25, -0.2) is 0 Å². The van der Waals surface area contributed by atoms with Crippen LogP contribution in [0.15, 0.2) is 59.8 Å². The van der Waals surface area contributed by atoms with Crippen molar-refractivity contribution < 1.29 is 10.0 Å². The predicted octanol–water partition coefficient (Wildman–Crippen LogP) is 1.97. The first-order chi connectivity index (χ1) is 8.77. The Hall–Kier alpha value is -2.36. The minimum Gasteiger partial charge on any atom is -0.411 e. The van der Waals surface area contributed by atoms with Gasteiger partial charge >= 0.3 is 0 Å². The molecule has 2 N–H and O–H groups in total. The molecular weight excluding hydrogens is 228 g/mol. The number of amides is 1. The fraction of sp³-hybridized carbons (Fsp3) is 0.143. The molecule has 0 bridgehead atoms. The lowest BCUT2D eigenvalue weighted by Crippen LogP contribution is -2.45. The highest BCUT2D eigenvalue weighted by Gasteiger charge is 2.30. The quantitative estimate of drug-likeness (QED) is 0.483. The molecule has 1 aliphatic rings. The Balaban J connectivity index is 2.33. The number of nitrogens with zero attached hydrogens (tertiary/aromatic N) is 1. The average Bonchev–Trinajstić information content (AvgIpc) is 2.41. The summed E-state index contributed by atoms with van der Waals surface area (Å²) < 4.78 is 0. The molecule has 1 unspecified atom stereocenters. The second-order valence-electron chi connectivity index (χ2n) is 4.06. The Kier molecular flexibility index (Phi) is 3.57. The smallest absolute Gasteiger partial charge is 0.266 e. The minimum absolute atomic E-state index is 0.429. The van der Waals surface area contributed by atoms with Crippen LogP contribution in [0.4, 0.5) is 0 Å². The van der Waals surface area contributed by atoms with Crippen molar-refractivity contribution in [3.8, 4) is 0 Å². The molecule has 2 rings (SSSR count). The van der Waals surface area contributed by atoms with Crippen molar-refractivity contribution in [1.29, 1.82) is 0 Å². The molecule has 4 nitrogen and oxygen atoms in total. The summed E-state index contributed by atoms with van der Waals surface area (Å²) in [5.74, 6) is -0.429. The van der Waals surface area contributed by atoms with Gasteiger partial charge in [-0.1, -0.05) is 59.8 Å². The van der Waals surface area contributed by atoms with Crippen LogP contribution in [0.3, 0.4) is 0 Å². The topological polar surface area (TPSA) is 61.7 Å². The number of hydrogen-bond acceptors (Lipinski definition) is 3. The zero-order chi connectivity index (χ0) is 12.8.